The van der Waals surface area contributed by atoms with Gasteiger partial charge in [0.25, 0.3) is 0 Å². The van der Waals surface area contributed by atoms with Gasteiger partial charge in [-0.05, 0) is 19.4 Å². The van der Waals surface area contributed by atoms with E-state index in [1.807, 2.05) is 7.05 Å². The van der Waals surface area contributed by atoms with Crippen molar-refractivity contribution in [1.29, 1.82) is 0 Å². The van der Waals surface area contributed by atoms with Crippen molar-refractivity contribution >= 4 is 11.6 Å². The van der Waals surface area contributed by atoms with Gasteiger partial charge in [0.15, 0.2) is 0 Å². The summed E-state index contributed by atoms with van der Waals surface area (Å²) in [6.45, 7) is 0.696. The molecule has 11 heavy (non-hydrogen) atoms. The van der Waals surface area contributed by atoms with Crippen molar-refractivity contribution in [3.63, 3.8) is 0 Å². The lowest BCUT2D eigenvalue weighted by atomic mass is 10.2. The van der Waals surface area contributed by atoms with Gasteiger partial charge in [-0.15, -0.1) is 0 Å². The third-order valence-electron chi connectivity index (χ3n) is 1.63. The van der Waals surface area contributed by atoms with Crippen molar-refractivity contribution in [3.8, 4) is 0 Å². The highest BCUT2D eigenvalue weighted by Gasteiger charge is 2.04. The molecule has 0 aromatic carbocycles. The van der Waals surface area contributed by atoms with Crippen LogP contribution in [0.3, 0.4) is 0 Å². The summed E-state index contributed by atoms with van der Waals surface area (Å²) in [5, 5.41) is 4.75. The summed E-state index contributed by atoms with van der Waals surface area (Å²) in [6, 6.07) is 0. The molecule has 62 valence electrons. The molecule has 1 heterocycles. The van der Waals surface area contributed by atoms with Crippen LogP contribution in [0, 0.1) is 0 Å². The van der Waals surface area contributed by atoms with Gasteiger partial charge in [0.2, 0.25) is 0 Å². The molecule has 2 N–H and O–H groups in total. The molecule has 1 aromatic heterocycles. The number of aryl methyl sites for hydroxylation is 1. The maximum atomic E-state index is 5.86. The molecule has 0 spiro atoms. The zero-order chi connectivity index (χ0) is 8.27. The van der Waals surface area contributed by atoms with E-state index in [-0.39, 0.29) is 0 Å². The molecule has 1 rings (SSSR count). The summed E-state index contributed by atoms with van der Waals surface area (Å²) in [7, 11) is 1.89. The molecule has 0 amide bonds. The molecule has 0 aliphatic heterocycles. The number of aromatic nitrogens is 2. The van der Waals surface area contributed by atoms with Crippen LogP contribution in [-0.2, 0) is 13.5 Å². The Morgan fingerprint density at radius 3 is 2.91 bits per heavy atom. The second-order valence-corrected chi connectivity index (χ2v) is 2.86. The highest BCUT2D eigenvalue weighted by Crippen LogP contribution is 2.14. The number of rotatable bonds is 3. The maximum Gasteiger partial charge on any atom is 0.0817 e. The Balaban J connectivity index is 2.67. The minimum absolute atomic E-state index is 0.696. The Labute approximate surface area is 71.1 Å². The fourth-order valence-electron chi connectivity index (χ4n) is 0.987. The maximum absolute atomic E-state index is 5.86. The normalized spacial score (nSPS) is 10.5. The molecule has 3 nitrogen and oxygen atoms in total. The lowest BCUT2D eigenvalue weighted by molar-refractivity contribution is 0.686. The molecule has 0 saturated carbocycles. The van der Waals surface area contributed by atoms with Gasteiger partial charge in [0.1, 0.15) is 0 Å². The minimum atomic E-state index is 0.696. The number of hydrogen-bond donors (Lipinski definition) is 1. The second-order valence-electron chi connectivity index (χ2n) is 2.46. The smallest absolute Gasteiger partial charge is 0.0817 e. The van der Waals surface area contributed by atoms with Gasteiger partial charge in [-0.25, -0.2) is 0 Å². The lowest BCUT2D eigenvalue weighted by Crippen LogP contribution is -2.04. The van der Waals surface area contributed by atoms with E-state index in [0.29, 0.717) is 6.54 Å². The van der Waals surface area contributed by atoms with E-state index >= 15 is 0 Å². The summed E-state index contributed by atoms with van der Waals surface area (Å²) < 4.78 is 1.79. The highest BCUT2D eigenvalue weighted by molar-refractivity contribution is 6.31. The van der Waals surface area contributed by atoms with Gasteiger partial charge >= 0.3 is 0 Å². The summed E-state index contributed by atoms with van der Waals surface area (Å²) in [5.41, 5.74) is 6.44. The second kappa shape index (κ2) is 3.74. The Hall–Kier alpha value is -0.540. The molecular weight excluding hydrogens is 162 g/mol. The highest BCUT2D eigenvalue weighted by atomic mass is 35.5. The first-order valence-electron chi connectivity index (χ1n) is 3.62. The van der Waals surface area contributed by atoms with Crippen molar-refractivity contribution in [1.82, 2.24) is 9.78 Å². The molecule has 0 radical (unpaired) electrons. The Kier molecular flexibility index (Phi) is 2.91. The third-order valence-corrected chi connectivity index (χ3v) is 1.94. The average molecular weight is 174 g/mol. The first-order chi connectivity index (χ1) is 5.25. The summed E-state index contributed by atoms with van der Waals surface area (Å²) in [4.78, 5) is 0. The van der Waals surface area contributed by atoms with Crippen LogP contribution in [-0.4, -0.2) is 16.3 Å². The van der Waals surface area contributed by atoms with Crippen LogP contribution in [0.15, 0.2) is 6.20 Å². The van der Waals surface area contributed by atoms with E-state index in [1.165, 1.54) is 0 Å². The van der Waals surface area contributed by atoms with Crippen molar-refractivity contribution in [3.05, 3.63) is 16.9 Å². The van der Waals surface area contributed by atoms with E-state index < -0.39 is 0 Å². The van der Waals surface area contributed by atoms with Crippen LogP contribution in [0.25, 0.3) is 0 Å². The molecule has 0 bridgehead atoms. The van der Waals surface area contributed by atoms with Crippen molar-refractivity contribution < 1.29 is 0 Å². The quantitative estimate of drug-likeness (QED) is 0.740. The van der Waals surface area contributed by atoms with Crippen LogP contribution in [0.2, 0.25) is 5.02 Å². The molecule has 4 heteroatoms. The first-order valence-corrected chi connectivity index (χ1v) is 4.00. The molecular formula is C7H12ClN3. The molecule has 0 unspecified atom stereocenters. The molecule has 0 atom stereocenters. The van der Waals surface area contributed by atoms with Crippen molar-refractivity contribution in [2.75, 3.05) is 6.54 Å². The predicted molar refractivity (Wildman–Crippen MR) is 45.6 cm³/mol. The van der Waals surface area contributed by atoms with Gasteiger partial charge in [0, 0.05) is 7.05 Å². The molecule has 0 aliphatic carbocycles. The van der Waals surface area contributed by atoms with E-state index in [0.717, 1.165) is 23.6 Å². The average Bonchev–Trinajstić information content (AvgIpc) is 2.29. The third kappa shape index (κ3) is 1.94. The Morgan fingerprint density at radius 2 is 2.45 bits per heavy atom. The van der Waals surface area contributed by atoms with E-state index in [9.17, 15) is 0 Å². The van der Waals surface area contributed by atoms with Crippen molar-refractivity contribution in [2.45, 2.75) is 12.8 Å². The van der Waals surface area contributed by atoms with Gasteiger partial charge < -0.3 is 5.73 Å². The van der Waals surface area contributed by atoms with E-state index in [2.05, 4.69) is 5.10 Å². The number of hydrogen-bond acceptors (Lipinski definition) is 2. The largest absolute Gasteiger partial charge is 0.330 e. The fourth-order valence-corrected chi connectivity index (χ4v) is 1.25. The molecule has 0 aliphatic rings. The Morgan fingerprint density at radius 1 is 1.73 bits per heavy atom. The molecule has 0 fully saturated rings. The number of nitrogens with two attached hydrogens (primary N) is 1. The van der Waals surface area contributed by atoms with E-state index in [4.69, 9.17) is 17.3 Å². The molecule has 0 saturated heterocycles. The number of halogens is 1. The minimum Gasteiger partial charge on any atom is -0.330 e. The monoisotopic (exact) mass is 173 g/mol. The topological polar surface area (TPSA) is 43.8 Å². The van der Waals surface area contributed by atoms with Gasteiger partial charge in [-0.1, -0.05) is 11.6 Å². The first kappa shape index (κ1) is 8.56. The van der Waals surface area contributed by atoms with E-state index in [1.54, 1.807) is 10.9 Å². The SMILES string of the molecule is Cn1ncc(Cl)c1CCCN. The summed E-state index contributed by atoms with van der Waals surface area (Å²) >= 11 is 5.86. The zero-order valence-electron chi connectivity index (χ0n) is 6.55. The van der Waals surface area contributed by atoms with Crippen LogP contribution in [0.5, 0.6) is 0 Å². The van der Waals surface area contributed by atoms with Crippen molar-refractivity contribution in [2.24, 2.45) is 12.8 Å². The van der Waals surface area contributed by atoms with Crippen LogP contribution < -0.4 is 5.73 Å². The fraction of sp³-hybridized carbons (Fsp3) is 0.571. The Bertz CT molecular complexity index is 212. The molecule has 1 aromatic rings. The van der Waals surface area contributed by atoms with Crippen LogP contribution in [0.1, 0.15) is 12.1 Å². The number of nitrogens with zero attached hydrogens (tertiary/aromatic N) is 2. The van der Waals surface area contributed by atoms with Crippen LogP contribution >= 0.6 is 11.6 Å². The van der Waals surface area contributed by atoms with Gasteiger partial charge in [-0.3, -0.25) is 4.68 Å². The van der Waals surface area contributed by atoms with Gasteiger partial charge in [0.05, 0.1) is 16.9 Å². The summed E-state index contributed by atoms with van der Waals surface area (Å²) in [6.07, 6.45) is 3.53. The zero-order valence-corrected chi connectivity index (χ0v) is 7.30. The standard InChI is InChI=1S/C7H12ClN3/c1-11-7(3-2-4-9)6(8)5-10-11/h5H,2-4,9H2,1H3. The summed E-state index contributed by atoms with van der Waals surface area (Å²) in [5.74, 6) is 0. The lowest BCUT2D eigenvalue weighted by Gasteiger charge is -1.99. The van der Waals surface area contributed by atoms with Crippen LogP contribution in [0.4, 0.5) is 0 Å². The van der Waals surface area contributed by atoms with Gasteiger partial charge in [-0.2, -0.15) is 5.10 Å². The predicted octanol–water partition coefficient (Wildman–Crippen LogP) is 0.965.